The number of nitrogen functional groups attached to an aromatic ring is 1. The molecule has 0 unspecified atom stereocenters. The molecule has 0 saturated carbocycles. The van der Waals surface area contributed by atoms with Gasteiger partial charge < -0.3 is 5.73 Å². The first-order valence-electron chi connectivity index (χ1n) is 6.90. The monoisotopic (exact) mass is 280 g/mol. The van der Waals surface area contributed by atoms with Crippen LogP contribution in [0, 0.1) is 26.6 Å². The summed E-state index contributed by atoms with van der Waals surface area (Å²) in [5, 5.41) is 0.513. The van der Waals surface area contributed by atoms with Crippen LogP contribution in [0.2, 0.25) is 0 Å². The van der Waals surface area contributed by atoms with Crippen LogP contribution in [0.4, 0.5) is 10.2 Å². The zero-order valence-electron chi connectivity index (χ0n) is 12.4. The average molecular weight is 280 g/mol. The Bertz CT molecular complexity index is 853. The van der Waals surface area contributed by atoms with Crippen molar-refractivity contribution in [1.82, 2.24) is 4.98 Å². The van der Waals surface area contributed by atoms with Gasteiger partial charge in [-0.05, 0) is 44.0 Å². The molecule has 0 bridgehead atoms. The van der Waals surface area contributed by atoms with Crippen LogP contribution in [-0.2, 0) is 0 Å². The molecule has 1 heterocycles. The molecule has 0 aliphatic rings. The fourth-order valence-corrected chi connectivity index (χ4v) is 2.71. The van der Waals surface area contributed by atoms with Gasteiger partial charge in [0.2, 0.25) is 0 Å². The van der Waals surface area contributed by atoms with Gasteiger partial charge in [0.1, 0.15) is 11.6 Å². The third-order valence-electron chi connectivity index (χ3n) is 3.76. The second-order valence-corrected chi connectivity index (χ2v) is 5.53. The van der Waals surface area contributed by atoms with Crippen LogP contribution in [0.25, 0.3) is 22.0 Å². The van der Waals surface area contributed by atoms with Crippen molar-refractivity contribution in [2.45, 2.75) is 20.8 Å². The molecule has 3 rings (SSSR count). The van der Waals surface area contributed by atoms with Crippen LogP contribution in [-0.4, -0.2) is 4.98 Å². The molecule has 3 aromatic rings. The molecule has 0 spiro atoms. The molecule has 0 radical (unpaired) electrons. The second-order valence-electron chi connectivity index (χ2n) is 5.53. The molecule has 2 nitrogen and oxygen atoms in total. The number of benzene rings is 2. The summed E-state index contributed by atoms with van der Waals surface area (Å²) in [6.07, 6.45) is 0. The molecular formula is C18H17FN2. The normalized spacial score (nSPS) is 11.0. The fraction of sp³-hybridized carbons (Fsp3) is 0.167. The predicted octanol–water partition coefficient (Wildman–Crippen LogP) is 4.55. The highest BCUT2D eigenvalue weighted by Gasteiger charge is 2.16. The summed E-state index contributed by atoms with van der Waals surface area (Å²) in [5.41, 5.74) is 10.9. The van der Waals surface area contributed by atoms with Gasteiger partial charge in [-0.3, -0.25) is 0 Å². The second kappa shape index (κ2) is 4.85. The van der Waals surface area contributed by atoms with E-state index >= 15 is 0 Å². The maximum atomic E-state index is 15.0. The Balaban J connectivity index is 2.36. The lowest BCUT2D eigenvalue weighted by Crippen LogP contribution is -2.00. The summed E-state index contributed by atoms with van der Waals surface area (Å²) in [6, 6.07) is 11.4. The summed E-state index contributed by atoms with van der Waals surface area (Å²) in [4.78, 5) is 4.36. The van der Waals surface area contributed by atoms with E-state index in [0.717, 1.165) is 22.3 Å². The highest BCUT2D eigenvalue weighted by Crippen LogP contribution is 2.34. The highest BCUT2D eigenvalue weighted by atomic mass is 19.1. The Kier molecular flexibility index (Phi) is 3.13. The van der Waals surface area contributed by atoms with Gasteiger partial charge in [-0.2, -0.15) is 0 Å². The number of hydrogen-bond donors (Lipinski definition) is 1. The van der Waals surface area contributed by atoms with Gasteiger partial charge in [0.15, 0.2) is 0 Å². The largest absolute Gasteiger partial charge is 0.383 e. The molecule has 3 heteroatoms. The number of rotatable bonds is 1. The number of aromatic nitrogens is 1. The van der Waals surface area contributed by atoms with Gasteiger partial charge in [-0.15, -0.1) is 0 Å². The van der Waals surface area contributed by atoms with Crippen molar-refractivity contribution in [3.8, 4) is 11.1 Å². The fourth-order valence-electron chi connectivity index (χ4n) is 2.71. The molecule has 0 fully saturated rings. The minimum absolute atomic E-state index is 0.232. The average Bonchev–Trinajstić information content (AvgIpc) is 2.42. The van der Waals surface area contributed by atoms with Gasteiger partial charge >= 0.3 is 0 Å². The Morgan fingerprint density at radius 1 is 0.952 bits per heavy atom. The summed E-state index contributed by atoms with van der Waals surface area (Å²) >= 11 is 0. The number of fused-ring (bicyclic) bond motifs is 1. The van der Waals surface area contributed by atoms with Crippen molar-refractivity contribution in [3.63, 3.8) is 0 Å². The number of pyridine rings is 1. The van der Waals surface area contributed by atoms with E-state index in [1.807, 2.05) is 51.1 Å². The minimum Gasteiger partial charge on any atom is -0.383 e. The van der Waals surface area contributed by atoms with Crippen LogP contribution in [0.1, 0.15) is 16.7 Å². The molecule has 2 aromatic carbocycles. The Morgan fingerprint density at radius 2 is 1.62 bits per heavy atom. The van der Waals surface area contributed by atoms with Gasteiger partial charge in [0, 0.05) is 5.39 Å². The zero-order chi connectivity index (χ0) is 15.1. The molecule has 0 atom stereocenters. The van der Waals surface area contributed by atoms with Crippen molar-refractivity contribution in [1.29, 1.82) is 0 Å². The van der Waals surface area contributed by atoms with Crippen LogP contribution in [0.15, 0.2) is 36.4 Å². The predicted molar refractivity (Wildman–Crippen MR) is 85.8 cm³/mol. The van der Waals surface area contributed by atoms with E-state index in [-0.39, 0.29) is 11.6 Å². The van der Waals surface area contributed by atoms with Crippen LogP contribution in [0.3, 0.4) is 0 Å². The summed E-state index contributed by atoms with van der Waals surface area (Å²) < 4.78 is 15.0. The van der Waals surface area contributed by atoms with E-state index < -0.39 is 0 Å². The first kappa shape index (κ1) is 13.6. The maximum absolute atomic E-state index is 15.0. The zero-order valence-corrected chi connectivity index (χ0v) is 12.4. The van der Waals surface area contributed by atoms with Crippen LogP contribution < -0.4 is 5.73 Å². The van der Waals surface area contributed by atoms with Gasteiger partial charge in [-0.25, -0.2) is 9.37 Å². The van der Waals surface area contributed by atoms with E-state index in [1.165, 1.54) is 0 Å². The topological polar surface area (TPSA) is 38.9 Å². The van der Waals surface area contributed by atoms with Crippen molar-refractivity contribution >= 4 is 16.7 Å². The lowest BCUT2D eigenvalue weighted by Gasteiger charge is -2.13. The van der Waals surface area contributed by atoms with E-state index in [9.17, 15) is 4.39 Å². The van der Waals surface area contributed by atoms with Crippen molar-refractivity contribution in [3.05, 3.63) is 58.9 Å². The molecule has 0 saturated heterocycles. The molecule has 1 aromatic heterocycles. The Morgan fingerprint density at radius 3 is 2.33 bits per heavy atom. The SMILES string of the molecule is Cc1ccc(-c2c(N)nc3ccc(C)cc3c2F)c(C)c1. The number of halogens is 1. The maximum Gasteiger partial charge on any atom is 0.144 e. The Labute approximate surface area is 123 Å². The number of aryl methyl sites for hydroxylation is 3. The summed E-state index contributed by atoms with van der Waals surface area (Å²) in [6.45, 7) is 5.91. The Hall–Kier alpha value is -2.42. The van der Waals surface area contributed by atoms with Gasteiger partial charge in [0.25, 0.3) is 0 Å². The lowest BCUT2D eigenvalue weighted by molar-refractivity contribution is 0.642. The number of hydrogen-bond acceptors (Lipinski definition) is 2. The smallest absolute Gasteiger partial charge is 0.144 e. The van der Waals surface area contributed by atoms with Crippen molar-refractivity contribution < 1.29 is 4.39 Å². The van der Waals surface area contributed by atoms with E-state index in [0.29, 0.717) is 16.5 Å². The molecule has 0 amide bonds. The minimum atomic E-state index is -0.298. The molecule has 2 N–H and O–H groups in total. The van der Waals surface area contributed by atoms with E-state index in [4.69, 9.17) is 5.73 Å². The number of nitrogens with zero attached hydrogens (tertiary/aromatic N) is 1. The van der Waals surface area contributed by atoms with Crippen molar-refractivity contribution in [2.24, 2.45) is 0 Å². The van der Waals surface area contributed by atoms with Crippen LogP contribution >= 0.6 is 0 Å². The molecule has 21 heavy (non-hydrogen) atoms. The molecule has 106 valence electrons. The highest BCUT2D eigenvalue weighted by molar-refractivity contribution is 5.90. The molecule has 0 aliphatic carbocycles. The first-order chi connectivity index (χ1) is 9.97. The number of anilines is 1. The van der Waals surface area contributed by atoms with Gasteiger partial charge in [-0.1, -0.05) is 35.4 Å². The standard InChI is InChI=1S/C18H17FN2/c1-10-4-6-13(12(3)8-10)16-17(19)14-9-11(2)5-7-15(14)21-18(16)20/h4-9H,1-3H3,(H2,20,21). The number of nitrogens with two attached hydrogens (primary N) is 1. The third kappa shape index (κ3) is 2.25. The van der Waals surface area contributed by atoms with Crippen molar-refractivity contribution in [2.75, 3.05) is 5.73 Å². The van der Waals surface area contributed by atoms with Crippen LogP contribution in [0.5, 0.6) is 0 Å². The van der Waals surface area contributed by atoms with E-state index in [1.54, 1.807) is 6.07 Å². The summed E-state index contributed by atoms with van der Waals surface area (Å²) in [7, 11) is 0. The molecular weight excluding hydrogens is 263 g/mol. The lowest BCUT2D eigenvalue weighted by atomic mass is 9.97. The van der Waals surface area contributed by atoms with E-state index in [2.05, 4.69) is 4.98 Å². The third-order valence-corrected chi connectivity index (χ3v) is 3.76. The summed E-state index contributed by atoms with van der Waals surface area (Å²) in [5.74, 6) is -0.0658. The molecule has 0 aliphatic heterocycles. The first-order valence-corrected chi connectivity index (χ1v) is 6.90. The quantitative estimate of drug-likeness (QED) is 0.710. The van der Waals surface area contributed by atoms with Gasteiger partial charge in [0.05, 0.1) is 11.1 Å².